The van der Waals surface area contributed by atoms with E-state index in [-0.39, 0.29) is 45.7 Å². The van der Waals surface area contributed by atoms with Gasteiger partial charge >= 0.3 is 23.2 Å². The monoisotopic (exact) mass is 466 g/mol. The molecule has 16 heteroatoms. The molecule has 28 heavy (non-hydrogen) atoms. The summed E-state index contributed by atoms with van der Waals surface area (Å²) < 4.78 is 63.7. The van der Waals surface area contributed by atoms with Crippen LogP contribution in [0.25, 0.3) is 0 Å². The molecule has 5 atom stereocenters. The van der Waals surface area contributed by atoms with Crippen molar-refractivity contribution in [2.24, 2.45) is 0 Å². The minimum absolute atomic E-state index is 0.0689. The highest BCUT2D eigenvalue weighted by Gasteiger charge is 2.36. The predicted octanol–water partition coefficient (Wildman–Crippen LogP) is 1.54. The molecule has 164 valence electrons. The lowest BCUT2D eigenvalue weighted by Gasteiger charge is -2.19. The molecule has 1 heterocycles. The molecular formula is C12H26BO12P3. The molecule has 2 radical (unpaired) electrons. The molecule has 0 amide bonds. The molecule has 0 bridgehead atoms. The lowest BCUT2D eigenvalue weighted by atomic mass is 9.96. The van der Waals surface area contributed by atoms with Crippen molar-refractivity contribution in [3.63, 3.8) is 0 Å². The van der Waals surface area contributed by atoms with Crippen LogP contribution < -0.4 is 0 Å². The maximum atomic E-state index is 12.0. The van der Waals surface area contributed by atoms with E-state index in [1.165, 1.54) is 6.66 Å². The molecule has 3 N–H and O–H groups in total. The van der Waals surface area contributed by atoms with Crippen LogP contribution >= 0.6 is 23.2 Å². The second kappa shape index (κ2) is 11.7. The number of hydrogen-bond acceptors (Lipinski definition) is 9. The van der Waals surface area contributed by atoms with Crippen molar-refractivity contribution in [3.05, 3.63) is 0 Å². The summed E-state index contributed by atoms with van der Waals surface area (Å²) in [5.41, 5.74) is 0. The Kier molecular flexibility index (Phi) is 11.0. The fraction of sp³-hybridized carbons (Fsp3) is 1.00. The van der Waals surface area contributed by atoms with E-state index in [0.29, 0.717) is 0 Å². The summed E-state index contributed by atoms with van der Waals surface area (Å²) in [7, 11) is -6.65. The fourth-order valence-corrected chi connectivity index (χ4v) is 4.53. The van der Waals surface area contributed by atoms with E-state index in [0.717, 1.165) is 0 Å². The first kappa shape index (κ1) is 26.4. The highest BCUT2D eigenvalue weighted by Crippen LogP contribution is 2.47. The number of phosphoric acid groups is 2. The summed E-state index contributed by atoms with van der Waals surface area (Å²) in [6.45, 7) is 2.29. The van der Waals surface area contributed by atoms with E-state index in [1.54, 1.807) is 6.92 Å². The van der Waals surface area contributed by atoms with Crippen LogP contribution in [-0.4, -0.2) is 73.8 Å². The minimum Gasteiger partial charge on any atom is -0.382 e. The van der Waals surface area contributed by atoms with Crippen LogP contribution in [0, 0.1) is 0 Å². The molecule has 1 rings (SSSR count). The normalized spacial score (nSPS) is 27.4. The van der Waals surface area contributed by atoms with E-state index in [1.807, 2.05) is 0 Å². The summed E-state index contributed by atoms with van der Waals surface area (Å²) >= 11 is 0. The van der Waals surface area contributed by atoms with E-state index in [9.17, 15) is 18.6 Å². The summed E-state index contributed by atoms with van der Waals surface area (Å²) in [5, 5.41) is 0. The SMILES string of the molecule is [B]C1CC(OP(=O)(O)OCCCOP(C)(=O)OCCCOP(=O)(O)O)C(C)O1. The third-order valence-corrected chi connectivity index (χ3v) is 6.26. The van der Waals surface area contributed by atoms with Gasteiger partial charge in [0.1, 0.15) is 7.85 Å². The molecule has 0 spiro atoms. The predicted molar refractivity (Wildman–Crippen MR) is 98.0 cm³/mol. The Bertz CT molecular complexity index is 613. The van der Waals surface area contributed by atoms with Crippen molar-refractivity contribution in [2.45, 2.75) is 44.4 Å². The van der Waals surface area contributed by atoms with Crippen molar-refractivity contribution in [1.82, 2.24) is 0 Å². The fourth-order valence-electron chi connectivity index (χ4n) is 2.15. The lowest BCUT2D eigenvalue weighted by Crippen LogP contribution is -2.20. The number of phosphoric ester groups is 2. The van der Waals surface area contributed by atoms with Crippen LogP contribution in [0.3, 0.4) is 0 Å². The first-order valence-electron chi connectivity index (χ1n) is 8.43. The van der Waals surface area contributed by atoms with E-state index in [2.05, 4.69) is 4.52 Å². The van der Waals surface area contributed by atoms with Gasteiger partial charge in [-0.1, -0.05) is 0 Å². The van der Waals surface area contributed by atoms with Crippen LogP contribution in [0.2, 0.25) is 0 Å². The summed E-state index contributed by atoms with van der Waals surface area (Å²) in [6, 6.07) is -0.560. The van der Waals surface area contributed by atoms with Gasteiger partial charge in [0.05, 0.1) is 38.6 Å². The van der Waals surface area contributed by atoms with Gasteiger partial charge in [-0.3, -0.25) is 18.1 Å². The lowest BCUT2D eigenvalue weighted by molar-refractivity contribution is 0.0343. The topological polar surface area (TPSA) is 167 Å². The van der Waals surface area contributed by atoms with Crippen LogP contribution in [-0.2, 0) is 41.1 Å². The molecule has 0 saturated carbocycles. The Balaban J connectivity index is 2.15. The van der Waals surface area contributed by atoms with E-state index in [4.69, 9.17) is 40.5 Å². The van der Waals surface area contributed by atoms with Gasteiger partial charge < -0.3 is 28.5 Å². The molecule has 1 fully saturated rings. The third-order valence-electron chi connectivity index (χ3n) is 3.39. The second-order valence-electron chi connectivity index (χ2n) is 6.03. The Labute approximate surface area is 165 Å². The van der Waals surface area contributed by atoms with Gasteiger partial charge in [0.25, 0.3) is 0 Å². The molecule has 0 aromatic heterocycles. The Morgan fingerprint density at radius 2 is 1.46 bits per heavy atom. The van der Waals surface area contributed by atoms with Crippen molar-refractivity contribution in [2.75, 3.05) is 33.1 Å². The molecular weight excluding hydrogens is 440 g/mol. The number of rotatable bonds is 14. The average molecular weight is 466 g/mol. The van der Waals surface area contributed by atoms with Crippen molar-refractivity contribution in [1.29, 1.82) is 0 Å². The van der Waals surface area contributed by atoms with Crippen molar-refractivity contribution >= 4 is 31.1 Å². The largest absolute Gasteiger partial charge is 0.472 e. The highest BCUT2D eigenvalue weighted by atomic mass is 31.2. The van der Waals surface area contributed by atoms with Gasteiger partial charge in [-0.05, 0) is 26.2 Å². The van der Waals surface area contributed by atoms with Gasteiger partial charge in [0.2, 0.25) is 0 Å². The van der Waals surface area contributed by atoms with Crippen LogP contribution in [0.1, 0.15) is 26.2 Å². The van der Waals surface area contributed by atoms with Gasteiger partial charge in [0, 0.05) is 12.7 Å². The zero-order chi connectivity index (χ0) is 21.4. The van der Waals surface area contributed by atoms with E-state index >= 15 is 0 Å². The standard InChI is InChI=1S/C12H26BO12P3/c1-10-11(9-12(13)24-10)25-28(18,19)23-8-4-6-21-26(2,14)20-5-3-7-22-27(15,16)17/h10-12H,3-9H2,1-2H3,(H,18,19)(H2,15,16,17). The maximum Gasteiger partial charge on any atom is 0.472 e. The van der Waals surface area contributed by atoms with Gasteiger partial charge in [0.15, 0.2) is 0 Å². The summed E-state index contributed by atoms with van der Waals surface area (Å²) in [6.07, 6.45) is -0.563. The Hall–Kier alpha value is 0.395. The quantitative estimate of drug-likeness (QED) is 0.192. The smallest absolute Gasteiger partial charge is 0.382 e. The van der Waals surface area contributed by atoms with Crippen molar-refractivity contribution < 1.29 is 55.7 Å². The van der Waals surface area contributed by atoms with Gasteiger partial charge in [-0.25, -0.2) is 9.13 Å². The maximum absolute atomic E-state index is 12.0. The van der Waals surface area contributed by atoms with E-state index < -0.39 is 41.5 Å². The Morgan fingerprint density at radius 3 is 1.93 bits per heavy atom. The van der Waals surface area contributed by atoms with Gasteiger partial charge in [-0.15, -0.1) is 0 Å². The van der Waals surface area contributed by atoms with Gasteiger partial charge in [-0.2, -0.15) is 0 Å². The number of hydrogen-bond donors (Lipinski definition) is 3. The van der Waals surface area contributed by atoms with Crippen LogP contribution in [0.5, 0.6) is 0 Å². The van der Waals surface area contributed by atoms with Crippen LogP contribution in [0.15, 0.2) is 0 Å². The summed E-state index contributed by atoms with van der Waals surface area (Å²) in [5.74, 6) is 0. The van der Waals surface area contributed by atoms with Crippen molar-refractivity contribution in [3.8, 4) is 0 Å². The zero-order valence-corrected chi connectivity index (χ0v) is 18.3. The molecule has 0 aliphatic carbocycles. The molecule has 1 aliphatic rings. The third kappa shape index (κ3) is 12.2. The van der Waals surface area contributed by atoms with Crippen LogP contribution in [0.4, 0.5) is 0 Å². The summed E-state index contributed by atoms with van der Waals surface area (Å²) in [4.78, 5) is 26.7. The first-order chi connectivity index (χ1) is 12.8. The number of ether oxygens (including phenoxy) is 1. The Morgan fingerprint density at radius 1 is 0.964 bits per heavy atom. The highest BCUT2D eigenvalue weighted by molar-refractivity contribution is 7.53. The average Bonchev–Trinajstić information content (AvgIpc) is 2.82. The minimum atomic E-state index is -4.54. The molecule has 1 saturated heterocycles. The second-order valence-corrected chi connectivity index (χ2v) is 10.7. The molecule has 5 unspecified atom stereocenters. The first-order valence-corrected chi connectivity index (χ1v) is 13.4. The molecule has 0 aromatic rings. The molecule has 0 aromatic carbocycles. The zero-order valence-electron chi connectivity index (χ0n) is 15.6. The molecule has 1 aliphatic heterocycles. The molecule has 12 nitrogen and oxygen atoms in total.